The molecule has 0 aliphatic rings. The van der Waals surface area contributed by atoms with Crippen LogP contribution >= 0.6 is 23.4 Å². The van der Waals surface area contributed by atoms with Crippen LogP contribution in [0.15, 0.2) is 52.3 Å². The van der Waals surface area contributed by atoms with E-state index in [0.29, 0.717) is 0 Å². The zero-order valence-corrected chi connectivity index (χ0v) is 13.4. The molecule has 2 aromatic carbocycles. The van der Waals surface area contributed by atoms with Gasteiger partial charge >= 0.3 is 0 Å². The minimum Gasteiger partial charge on any atom is -0.496 e. The predicted molar refractivity (Wildman–Crippen MR) is 86.0 cm³/mol. The second-order valence-electron chi connectivity index (χ2n) is 4.41. The maximum Gasteiger partial charge on any atom is 0.124 e. The molecule has 4 heteroatoms. The number of rotatable bonds is 5. The quantitative estimate of drug-likeness (QED) is 0.859. The fraction of sp³-hybridized carbons (Fsp3) is 0.250. The van der Waals surface area contributed by atoms with Crippen molar-refractivity contribution in [2.24, 2.45) is 0 Å². The highest BCUT2D eigenvalue weighted by Crippen LogP contribution is 2.40. The summed E-state index contributed by atoms with van der Waals surface area (Å²) in [6.07, 6.45) is 0. The first-order chi connectivity index (χ1) is 9.67. The molecule has 0 aliphatic heterocycles. The molecule has 0 bridgehead atoms. The van der Waals surface area contributed by atoms with Gasteiger partial charge in [-0.3, -0.25) is 0 Å². The van der Waals surface area contributed by atoms with Gasteiger partial charge in [0.1, 0.15) is 5.75 Å². The molecule has 0 fully saturated rings. The summed E-state index contributed by atoms with van der Waals surface area (Å²) in [4.78, 5) is 2.20. The highest BCUT2D eigenvalue weighted by Gasteiger charge is 2.16. The normalized spacial score (nSPS) is 12.2. The fourth-order valence-corrected chi connectivity index (χ4v) is 3.34. The second kappa shape index (κ2) is 7.02. The lowest BCUT2D eigenvalue weighted by atomic mass is 10.1. The molecule has 1 N–H and O–H groups in total. The summed E-state index contributed by atoms with van der Waals surface area (Å²) in [5.74, 6) is 0.893. The van der Waals surface area contributed by atoms with Gasteiger partial charge in [0.2, 0.25) is 0 Å². The molecular weight excluding hydrogens is 290 g/mol. The van der Waals surface area contributed by atoms with Crippen LogP contribution in [0, 0.1) is 0 Å². The first-order valence-corrected chi connectivity index (χ1v) is 7.63. The Morgan fingerprint density at radius 2 is 1.80 bits per heavy atom. The standard InChI is InChI=1S/C16H18ClNOS/c1-11(18-2)16-13(19-3)8-6-10-15(16)20-14-9-5-4-7-12(14)17/h4-11,18H,1-3H3. The third-order valence-electron chi connectivity index (χ3n) is 3.17. The Kier molecular flexibility index (Phi) is 5.35. The van der Waals surface area contributed by atoms with Crippen LogP contribution in [0.4, 0.5) is 0 Å². The molecule has 2 rings (SSSR count). The zero-order chi connectivity index (χ0) is 14.5. The van der Waals surface area contributed by atoms with Gasteiger partial charge in [-0.25, -0.2) is 0 Å². The molecule has 0 saturated heterocycles. The van der Waals surface area contributed by atoms with Gasteiger partial charge in [0.05, 0.1) is 12.1 Å². The smallest absolute Gasteiger partial charge is 0.124 e. The number of hydrogen-bond acceptors (Lipinski definition) is 3. The molecular formula is C16H18ClNOS. The molecule has 0 aliphatic carbocycles. The number of nitrogens with one attached hydrogen (secondary N) is 1. The van der Waals surface area contributed by atoms with Crippen molar-refractivity contribution < 1.29 is 4.74 Å². The zero-order valence-electron chi connectivity index (χ0n) is 11.8. The Labute approximate surface area is 129 Å². The van der Waals surface area contributed by atoms with Crippen molar-refractivity contribution >= 4 is 23.4 Å². The minimum atomic E-state index is 0.205. The largest absolute Gasteiger partial charge is 0.496 e. The van der Waals surface area contributed by atoms with E-state index in [-0.39, 0.29) is 6.04 Å². The van der Waals surface area contributed by atoms with E-state index in [1.807, 2.05) is 43.4 Å². The average molecular weight is 308 g/mol. The summed E-state index contributed by atoms with van der Waals surface area (Å²) in [6.45, 7) is 2.12. The van der Waals surface area contributed by atoms with Crippen molar-refractivity contribution in [3.05, 3.63) is 53.1 Å². The van der Waals surface area contributed by atoms with Crippen LogP contribution in [0.25, 0.3) is 0 Å². The summed E-state index contributed by atoms with van der Waals surface area (Å²) in [6, 6.07) is 14.2. The first kappa shape index (κ1) is 15.2. The fourth-order valence-electron chi connectivity index (χ4n) is 2.01. The molecule has 0 aromatic heterocycles. The van der Waals surface area contributed by atoms with E-state index in [4.69, 9.17) is 16.3 Å². The van der Waals surface area contributed by atoms with E-state index in [0.717, 1.165) is 26.1 Å². The van der Waals surface area contributed by atoms with Crippen LogP contribution in [-0.4, -0.2) is 14.2 Å². The van der Waals surface area contributed by atoms with Crippen molar-refractivity contribution in [3.8, 4) is 5.75 Å². The maximum absolute atomic E-state index is 6.25. The topological polar surface area (TPSA) is 21.3 Å². The number of benzene rings is 2. The van der Waals surface area contributed by atoms with Crippen LogP contribution in [0.2, 0.25) is 5.02 Å². The summed E-state index contributed by atoms with van der Waals surface area (Å²) < 4.78 is 5.49. The number of methoxy groups -OCH3 is 1. The minimum absolute atomic E-state index is 0.205. The van der Waals surface area contributed by atoms with E-state index >= 15 is 0 Å². The van der Waals surface area contributed by atoms with Crippen LogP contribution in [0.5, 0.6) is 5.75 Å². The van der Waals surface area contributed by atoms with E-state index in [1.165, 1.54) is 0 Å². The van der Waals surface area contributed by atoms with Crippen LogP contribution in [-0.2, 0) is 0 Å². The van der Waals surface area contributed by atoms with Gasteiger partial charge in [-0.15, -0.1) is 0 Å². The first-order valence-electron chi connectivity index (χ1n) is 6.44. The monoisotopic (exact) mass is 307 g/mol. The van der Waals surface area contributed by atoms with Crippen LogP contribution < -0.4 is 10.1 Å². The summed E-state index contributed by atoms with van der Waals surface area (Å²) in [7, 11) is 3.65. The molecule has 2 aromatic rings. The third-order valence-corrected chi connectivity index (χ3v) is 4.76. The maximum atomic E-state index is 6.25. The molecule has 106 valence electrons. The Morgan fingerprint density at radius 3 is 2.45 bits per heavy atom. The van der Waals surface area contributed by atoms with Crippen LogP contribution in [0.3, 0.4) is 0 Å². The predicted octanol–water partition coefficient (Wildman–Crippen LogP) is 4.78. The van der Waals surface area contributed by atoms with Gasteiger partial charge in [0.15, 0.2) is 0 Å². The molecule has 1 unspecified atom stereocenters. The summed E-state index contributed by atoms with van der Waals surface area (Å²) in [5.41, 5.74) is 1.16. The van der Waals surface area contributed by atoms with Gasteiger partial charge in [0, 0.05) is 21.4 Å². The molecule has 0 spiro atoms. The molecule has 0 heterocycles. The van der Waals surface area contributed by atoms with Crippen molar-refractivity contribution in [2.45, 2.75) is 22.8 Å². The molecule has 0 amide bonds. The molecule has 1 atom stereocenters. The Morgan fingerprint density at radius 1 is 1.10 bits per heavy atom. The lowest BCUT2D eigenvalue weighted by Crippen LogP contribution is -2.14. The number of ether oxygens (including phenoxy) is 1. The summed E-state index contributed by atoms with van der Waals surface area (Å²) >= 11 is 7.91. The van der Waals surface area contributed by atoms with Gasteiger partial charge in [0.25, 0.3) is 0 Å². The second-order valence-corrected chi connectivity index (χ2v) is 5.91. The van der Waals surface area contributed by atoms with Gasteiger partial charge < -0.3 is 10.1 Å². The highest BCUT2D eigenvalue weighted by molar-refractivity contribution is 7.99. The highest BCUT2D eigenvalue weighted by atomic mass is 35.5. The lowest BCUT2D eigenvalue weighted by molar-refractivity contribution is 0.401. The van der Waals surface area contributed by atoms with Crippen molar-refractivity contribution in [1.29, 1.82) is 0 Å². The van der Waals surface area contributed by atoms with E-state index in [9.17, 15) is 0 Å². The Balaban J connectivity index is 2.43. The van der Waals surface area contributed by atoms with Crippen LogP contribution in [0.1, 0.15) is 18.5 Å². The number of hydrogen-bond donors (Lipinski definition) is 1. The van der Waals surface area contributed by atoms with Gasteiger partial charge in [-0.1, -0.05) is 41.6 Å². The molecule has 20 heavy (non-hydrogen) atoms. The molecule has 0 radical (unpaired) electrons. The molecule has 2 nitrogen and oxygen atoms in total. The van der Waals surface area contributed by atoms with E-state index in [1.54, 1.807) is 18.9 Å². The molecule has 0 saturated carbocycles. The van der Waals surface area contributed by atoms with Crippen molar-refractivity contribution in [1.82, 2.24) is 5.32 Å². The van der Waals surface area contributed by atoms with Crippen molar-refractivity contribution in [2.75, 3.05) is 14.2 Å². The lowest BCUT2D eigenvalue weighted by Gasteiger charge is -2.19. The van der Waals surface area contributed by atoms with E-state index < -0.39 is 0 Å². The van der Waals surface area contributed by atoms with Gasteiger partial charge in [-0.05, 0) is 38.2 Å². The third kappa shape index (κ3) is 3.29. The summed E-state index contributed by atoms with van der Waals surface area (Å²) in [5, 5.41) is 4.04. The van der Waals surface area contributed by atoms with Crippen molar-refractivity contribution in [3.63, 3.8) is 0 Å². The number of halogens is 1. The van der Waals surface area contributed by atoms with E-state index in [2.05, 4.69) is 18.3 Å². The Bertz CT molecular complexity index is 588. The van der Waals surface area contributed by atoms with Gasteiger partial charge in [-0.2, -0.15) is 0 Å². The Hall–Kier alpha value is -1.16. The average Bonchev–Trinajstić information content (AvgIpc) is 2.48. The SMILES string of the molecule is CNC(C)c1c(OC)cccc1Sc1ccccc1Cl.